The van der Waals surface area contributed by atoms with Crippen LogP contribution in [0.3, 0.4) is 0 Å². The fraction of sp³-hybridized carbons (Fsp3) is 0. The lowest BCUT2D eigenvalue weighted by Gasteiger charge is -2.20. The van der Waals surface area contributed by atoms with E-state index in [1.165, 1.54) is 16.2 Å². The molecule has 0 aliphatic carbocycles. The second kappa shape index (κ2) is 4.68. The average molecular weight is 268 g/mol. The Bertz CT molecular complexity index is 669. The molecule has 0 saturated heterocycles. The average Bonchev–Trinajstić information content (AvgIpc) is 2.61. The van der Waals surface area contributed by atoms with Gasteiger partial charge in [0.15, 0.2) is 0 Å². The first-order chi connectivity index (χ1) is 8.81. The van der Waals surface area contributed by atoms with E-state index in [-0.39, 0.29) is 0 Å². The molecule has 0 nitrogen and oxygen atoms in total. The van der Waals surface area contributed by atoms with Crippen molar-refractivity contribution in [1.29, 1.82) is 0 Å². The van der Waals surface area contributed by atoms with E-state index in [9.17, 15) is 0 Å². The minimum absolute atomic E-state index is 1.25. The first kappa shape index (κ1) is 11.6. The second-order valence-corrected chi connectivity index (χ2v) is 8.59. The van der Waals surface area contributed by atoms with Gasteiger partial charge in [0.1, 0.15) is 0 Å². The fourth-order valence-corrected chi connectivity index (χ4v) is 5.70. The number of hydrogen-bond acceptors (Lipinski definition) is 1. The van der Waals surface area contributed by atoms with E-state index in [1.54, 1.807) is 0 Å². The molecule has 3 rings (SSSR count). The van der Waals surface area contributed by atoms with E-state index in [0.29, 0.717) is 0 Å². The maximum atomic E-state index is 6.05. The molecule has 0 aromatic heterocycles. The van der Waals surface area contributed by atoms with Gasteiger partial charge in [0.25, 0.3) is 0 Å². The topological polar surface area (TPSA) is 0 Å². The standard InChI is InChI=1S/C16H13PS/c18-17(15-10-2-1-3-11-15)13-7-6-9-14-8-4-5-12-16(14)17/h1-13H. The summed E-state index contributed by atoms with van der Waals surface area (Å²) < 4.78 is 0. The Morgan fingerprint density at radius 2 is 1.50 bits per heavy atom. The van der Waals surface area contributed by atoms with Crippen molar-refractivity contribution in [3.63, 3.8) is 0 Å². The van der Waals surface area contributed by atoms with Gasteiger partial charge in [-0.15, -0.1) is 0 Å². The predicted octanol–water partition coefficient (Wildman–Crippen LogP) is 3.66. The molecule has 0 radical (unpaired) electrons. The van der Waals surface area contributed by atoms with Crippen LogP contribution in [0.4, 0.5) is 0 Å². The van der Waals surface area contributed by atoms with Gasteiger partial charge in [-0.3, -0.25) is 0 Å². The van der Waals surface area contributed by atoms with Crippen molar-refractivity contribution in [1.82, 2.24) is 0 Å². The highest BCUT2D eigenvalue weighted by Crippen LogP contribution is 2.47. The Hall–Kier alpha value is -1.43. The monoisotopic (exact) mass is 268 g/mol. The molecule has 1 unspecified atom stereocenters. The Labute approximate surface area is 113 Å². The smallest absolute Gasteiger partial charge is 0.0316 e. The van der Waals surface area contributed by atoms with Crippen LogP contribution in [0.15, 0.2) is 72.6 Å². The number of allylic oxidation sites excluding steroid dienone is 2. The molecule has 1 heterocycles. The quantitative estimate of drug-likeness (QED) is 0.711. The first-order valence-corrected chi connectivity index (χ1v) is 8.79. The summed E-state index contributed by atoms with van der Waals surface area (Å²) in [5.41, 5.74) is 1.25. The van der Waals surface area contributed by atoms with Crippen LogP contribution >= 0.6 is 6.04 Å². The Morgan fingerprint density at radius 3 is 2.33 bits per heavy atom. The molecule has 0 amide bonds. The third-order valence-electron chi connectivity index (χ3n) is 3.12. The van der Waals surface area contributed by atoms with Gasteiger partial charge < -0.3 is 0 Å². The second-order valence-electron chi connectivity index (χ2n) is 4.25. The lowest BCUT2D eigenvalue weighted by Crippen LogP contribution is -2.15. The molecule has 0 saturated carbocycles. The summed E-state index contributed by atoms with van der Waals surface area (Å²) in [6, 6.07) is 17.1. The Morgan fingerprint density at radius 1 is 0.778 bits per heavy atom. The largest absolute Gasteiger partial charge is 0.0832 e. The lowest BCUT2D eigenvalue weighted by molar-refractivity contribution is 1.72. The van der Waals surface area contributed by atoms with Crippen molar-refractivity contribution in [3.05, 3.63) is 78.1 Å². The molecule has 0 N–H and O–H groups in total. The molecule has 18 heavy (non-hydrogen) atoms. The summed E-state index contributed by atoms with van der Waals surface area (Å²) in [6.07, 6.45) is 6.31. The van der Waals surface area contributed by atoms with E-state index in [4.69, 9.17) is 11.8 Å². The van der Waals surface area contributed by atoms with Crippen molar-refractivity contribution in [2.45, 2.75) is 0 Å². The summed E-state index contributed by atoms with van der Waals surface area (Å²) in [7, 11) is 0. The highest BCUT2D eigenvalue weighted by atomic mass is 32.4. The summed E-state index contributed by atoms with van der Waals surface area (Å²) >= 11 is 6.05. The predicted molar refractivity (Wildman–Crippen MR) is 84.6 cm³/mol. The third-order valence-corrected chi connectivity index (χ3v) is 7.49. The third kappa shape index (κ3) is 1.90. The SMILES string of the molecule is S=P1(c2ccccc2)C=CC=Cc2ccccc21. The van der Waals surface area contributed by atoms with Gasteiger partial charge in [-0.2, -0.15) is 0 Å². The molecular weight excluding hydrogens is 255 g/mol. The molecule has 0 bridgehead atoms. The molecule has 0 fully saturated rings. The minimum atomic E-state index is -1.81. The number of fused-ring (bicyclic) bond motifs is 1. The normalized spacial score (nSPS) is 21.3. The highest BCUT2D eigenvalue weighted by molar-refractivity contribution is 8.23. The van der Waals surface area contributed by atoms with Crippen molar-refractivity contribution < 1.29 is 0 Å². The number of benzene rings is 2. The van der Waals surface area contributed by atoms with Crippen molar-refractivity contribution in [2.75, 3.05) is 0 Å². The summed E-state index contributed by atoms with van der Waals surface area (Å²) in [5, 5.41) is 2.55. The van der Waals surface area contributed by atoms with Gasteiger partial charge >= 0.3 is 0 Å². The number of rotatable bonds is 1. The minimum Gasteiger partial charge on any atom is -0.0832 e. The van der Waals surface area contributed by atoms with Gasteiger partial charge in [-0.25, -0.2) is 0 Å². The molecule has 88 valence electrons. The molecule has 0 spiro atoms. The van der Waals surface area contributed by atoms with Gasteiger partial charge in [0.05, 0.1) is 0 Å². The number of hydrogen-bond donors (Lipinski definition) is 0. The molecule has 2 heteroatoms. The molecule has 2 aromatic rings. The lowest BCUT2D eigenvalue weighted by atomic mass is 10.2. The van der Waals surface area contributed by atoms with Crippen LogP contribution < -0.4 is 10.6 Å². The molecule has 1 atom stereocenters. The molecular formula is C16H13PS. The Balaban J connectivity index is 2.28. The van der Waals surface area contributed by atoms with E-state index in [1.807, 2.05) is 6.07 Å². The van der Waals surface area contributed by atoms with Gasteiger partial charge in [0, 0.05) is 11.3 Å². The van der Waals surface area contributed by atoms with Crippen LogP contribution in [-0.4, -0.2) is 0 Å². The zero-order valence-electron chi connectivity index (χ0n) is 9.86. The van der Waals surface area contributed by atoms with Crippen LogP contribution in [0.25, 0.3) is 6.08 Å². The van der Waals surface area contributed by atoms with Gasteiger partial charge in [0.2, 0.25) is 0 Å². The van der Waals surface area contributed by atoms with Crippen LogP contribution in [-0.2, 0) is 11.8 Å². The van der Waals surface area contributed by atoms with Crippen LogP contribution in [0, 0.1) is 0 Å². The first-order valence-electron chi connectivity index (χ1n) is 5.91. The van der Waals surface area contributed by atoms with Crippen molar-refractivity contribution in [2.24, 2.45) is 0 Å². The van der Waals surface area contributed by atoms with Gasteiger partial charge in [-0.05, 0) is 16.7 Å². The fourth-order valence-electron chi connectivity index (χ4n) is 2.22. The van der Waals surface area contributed by atoms with E-state index < -0.39 is 6.04 Å². The maximum absolute atomic E-state index is 6.05. The summed E-state index contributed by atoms with van der Waals surface area (Å²) in [4.78, 5) is 0. The van der Waals surface area contributed by atoms with Crippen molar-refractivity contribution >= 4 is 34.5 Å². The highest BCUT2D eigenvalue weighted by Gasteiger charge is 2.21. The van der Waals surface area contributed by atoms with Crippen LogP contribution in [0.2, 0.25) is 0 Å². The van der Waals surface area contributed by atoms with Crippen LogP contribution in [0.1, 0.15) is 5.56 Å². The van der Waals surface area contributed by atoms with E-state index in [2.05, 4.69) is 72.6 Å². The molecule has 1 aliphatic heterocycles. The Kier molecular flexibility index (Phi) is 3.03. The zero-order valence-corrected chi connectivity index (χ0v) is 11.6. The molecule has 2 aromatic carbocycles. The van der Waals surface area contributed by atoms with E-state index >= 15 is 0 Å². The van der Waals surface area contributed by atoms with Gasteiger partial charge in [-0.1, -0.05) is 84.6 Å². The van der Waals surface area contributed by atoms with Crippen molar-refractivity contribution in [3.8, 4) is 0 Å². The van der Waals surface area contributed by atoms with Crippen LogP contribution in [0.5, 0.6) is 0 Å². The van der Waals surface area contributed by atoms with E-state index in [0.717, 1.165) is 0 Å². The zero-order chi connectivity index (χ0) is 12.4. The maximum Gasteiger partial charge on any atom is 0.0316 e. The summed E-state index contributed by atoms with van der Waals surface area (Å²) in [6.45, 7) is 0. The molecule has 1 aliphatic rings. The summed E-state index contributed by atoms with van der Waals surface area (Å²) in [5.74, 6) is 2.21.